The molecule has 1 aromatic heterocycles. The molecule has 1 amide bonds. The standard InChI is InChI=1S/C25H27F3N4O4/c1-13-6-7-16(8-14(13)2)30-24(33)17-12-29-32-21(25(26,27)28)11-18(31-23(17)32)15-9-19(34-3)22(36-5)20(10-15)35-4/h6-10,12,18,21,31H,11H2,1-5H3,(H,30,33)/t18-,21+/m0/s1. The summed E-state index contributed by atoms with van der Waals surface area (Å²) >= 11 is 0. The Morgan fingerprint density at radius 1 is 1.06 bits per heavy atom. The molecule has 8 nitrogen and oxygen atoms in total. The summed E-state index contributed by atoms with van der Waals surface area (Å²) < 4.78 is 59.2. The first-order chi connectivity index (χ1) is 17.1. The van der Waals surface area contributed by atoms with Crippen LogP contribution in [0.4, 0.5) is 24.7 Å². The van der Waals surface area contributed by atoms with Gasteiger partial charge in [-0.2, -0.15) is 18.3 Å². The summed E-state index contributed by atoms with van der Waals surface area (Å²) in [6.45, 7) is 3.85. The molecular weight excluding hydrogens is 477 g/mol. The zero-order valence-electron chi connectivity index (χ0n) is 20.5. The number of carbonyl (C=O) groups excluding carboxylic acids is 1. The van der Waals surface area contributed by atoms with Gasteiger partial charge in [-0.05, 0) is 54.8 Å². The normalized spacial score (nSPS) is 17.1. The Balaban J connectivity index is 1.73. The molecule has 2 N–H and O–H groups in total. The number of methoxy groups -OCH3 is 3. The van der Waals surface area contributed by atoms with E-state index in [4.69, 9.17) is 14.2 Å². The predicted octanol–water partition coefficient (Wildman–Crippen LogP) is 5.44. The van der Waals surface area contributed by atoms with E-state index in [2.05, 4.69) is 15.7 Å². The van der Waals surface area contributed by atoms with Crippen molar-refractivity contribution in [1.29, 1.82) is 0 Å². The van der Waals surface area contributed by atoms with Crippen LogP contribution in [-0.4, -0.2) is 43.2 Å². The summed E-state index contributed by atoms with van der Waals surface area (Å²) in [5.74, 6) is 0.348. The van der Waals surface area contributed by atoms with Crippen molar-refractivity contribution in [3.8, 4) is 17.2 Å². The van der Waals surface area contributed by atoms with E-state index in [1.807, 2.05) is 19.9 Å². The molecular formula is C25H27F3N4O4. The Morgan fingerprint density at radius 3 is 2.28 bits per heavy atom. The molecule has 2 aromatic carbocycles. The highest BCUT2D eigenvalue weighted by Gasteiger charge is 2.47. The monoisotopic (exact) mass is 504 g/mol. The van der Waals surface area contributed by atoms with Crippen LogP contribution in [0.3, 0.4) is 0 Å². The smallest absolute Gasteiger partial charge is 0.410 e. The molecule has 0 saturated carbocycles. The van der Waals surface area contributed by atoms with Crippen LogP contribution < -0.4 is 24.8 Å². The average Bonchev–Trinajstić information content (AvgIpc) is 3.28. The van der Waals surface area contributed by atoms with E-state index in [9.17, 15) is 18.0 Å². The molecule has 0 fully saturated rings. The van der Waals surface area contributed by atoms with Gasteiger partial charge >= 0.3 is 6.18 Å². The largest absolute Gasteiger partial charge is 0.493 e. The summed E-state index contributed by atoms with van der Waals surface area (Å²) in [6.07, 6.45) is -3.80. The van der Waals surface area contributed by atoms with Gasteiger partial charge in [0.05, 0.1) is 33.6 Å². The fraction of sp³-hybridized carbons (Fsp3) is 0.360. The van der Waals surface area contributed by atoms with E-state index < -0.39 is 24.2 Å². The van der Waals surface area contributed by atoms with Crippen LogP contribution in [0.25, 0.3) is 0 Å². The number of hydrogen-bond donors (Lipinski definition) is 2. The molecule has 0 saturated heterocycles. The van der Waals surface area contributed by atoms with Gasteiger partial charge in [-0.25, -0.2) is 4.68 Å². The zero-order valence-corrected chi connectivity index (χ0v) is 20.5. The number of ether oxygens (including phenoxy) is 3. The Labute approximate surface area is 206 Å². The summed E-state index contributed by atoms with van der Waals surface area (Å²) in [4.78, 5) is 13.1. The first-order valence-corrected chi connectivity index (χ1v) is 11.2. The molecule has 1 aliphatic rings. The minimum Gasteiger partial charge on any atom is -0.493 e. The number of anilines is 2. The number of rotatable bonds is 6. The average molecular weight is 505 g/mol. The Morgan fingerprint density at radius 2 is 1.72 bits per heavy atom. The second kappa shape index (κ2) is 9.63. The first-order valence-electron chi connectivity index (χ1n) is 11.2. The van der Waals surface area contributed by atoms with Crippen LogP contribution in [0, 0.1) is 13.8 Å². The van der Waals surface area contributed by atoms with E-state index in [1.165, 1.54) is 21.3 Å². The van der Waals surface area contributed by atoms with Crippen molar-refractivity contribution >= 4 is 17.4 Å². The Hall–Kier alpha value is -3.89. The molecule has 4 rings (SSSR count). The molecule has 3 aromatic rings. The van der Waals surface area contributed by atoms with Gasteiger partial charge in [0, 0.05) is 12.1 Å². The molecule has 0 radical (unpaired) electrons. The lowest BCUT2D eigenvalue weighted by Gasteiger charge is -2.34. The van der Waals surface area contributed by atoms with E-state index in [0.29, 0.717) is 28.5 Å². The molecule has 1 aliphatic heterocycles. The zero-order chi connectivity index (χ0) is 26.2. The fourth-order valence-corrected chi connectivity index (χ4v) is 4.27. The van der Waals surface area contributed by atoms with Crippen molar-refractivity contribution in [2.24, 2.45) is 0 Å². The maximum absolute atomic E-state index is 14.1. The minimum atomic E-state index is -4.59. The van der Waals surface area contributed by atoms with Crippen molar-refractivity contribution < 1.29 is 32.2 Å². The van der Waals surface area contributed by atoms with Crippen LogP contribution in [0.2, 0.25) is 0 Å². The van der Waals surface area contributed by atoms with Crippen LogP contribution in [0.5, 0.6) is 17.2 Å². The van der Waals surface area contributed by atoms with E-state index in [0.717, 1.165) is 22.0 Å². The van der Waals surface area contributed by atoms with E-state index in [-0.39, 0.29) is 17.8 Å². The number of alkyl halides is 3. The summed E-state index contributed by atoms with van der Waals surface area (Å²) in [5, 5.41) is 9.76. The minimum absolute atomic E-state index is 0.000352. The number of amides is 1. The summed E-state index contributed by atoms with van der Waals surface area (Å²) in [7, 11) is 4.30. The Kier molecular flexibility index (Phi) is 6.75. The fourth-order valence-electron chi connectivity index (χ4n) is 4.27. The van der Waals surface area contributed by atoms with Gasteiger partial charge in [0.1, 0.15) is 11.4 Å². The van der Waals surface area contributed by atoms with Crippen molar-refractivity contribution in [1.82, 2.24) is 9.78 Å². The molecule has 11 heteroatoms. The second-order valence-corrected chi connectivity index (χ2v) is 8.55. The number of hydrogen-bond acceptors (Lipinski definition) is 6. The highest BCUT2D eigenvalue weighted by Crippen LogP contribution is 2.47. The lowest BCUT2D eigenvalue weighted by atomic mass is 9.95. The molecule has 36 heavy (non-hydrogen) atoms. The topological polar surface area (TPSA) is 86.6 Å². The molecule has 0 spiro atoms. The highest BCUT2D eigenvalue weighted by molar-refractivity contribution is 6.07. The SMILES string of the molecule is COc1cc([C@@H]2C[C@H](C(F)(F)F)n3ncc(C(=O)Nc4ccc(C)c(C)c4)c3N2)cc(OC)c1OC. The van der Waals surface area contributed by atoms with Crippen LogP contribution in [-0.2, 0) is 0 Å². The van der Waals surface area contributed by atoms with Crippen molar-refractivity contribution in [3.05, 3.63) is 58.8 Å². The number of halogens is 3. The second-order valence-electron chi connectivity index (χ2n) is 8.55. The van der Waals surface area contributed by atoms with Crippen LogP contribution in [0.15, 0.2) is 36.5 Å². The van der Waals surface area contributed by atoms with Gasteiger partial charge in [-0.15, -0.1) is 0 Å². The predicted molar refractivity (Wildman–Crippen MR) is 128 cm³/mol. The Bertz CT molecular complexity index is 1260. The van der Waals surface area contributed by atoms with Gasteiger partial charge < -0.3 is 24.8 Å². The summed E-state index contributed by atoms with van der Waals surface area (Å²) in [6, 6.07) is 5.82. The number of aryl methyl sites for hydroxylation is 2. The number of nitrogens with one attached hydrogen (secondary N) is 2. The van der Waals surface area contributed by atoms with Crippen molar-refractivity contribution in [2.75, 3.05) is 32.0 Å². The number of benzene rings is 2. The van der Waals surface area contributed by atoms with Gasteiger partial charge in [0.15, 0.2) is 17.5 Å². The quantitative estimate of drug-likeness (QED) is 0.465. The van der Waals surface area contributed by atoms with Crippen LogP contribution >= 0.6 is 0 Å². The van der Waals surface area contributed by atoms with Crippen LogP contribution in [0.1, 0.15) is 45.6 Å². The number of nitrogens with zero attached hydrogens (tertiary/aromatic N) is 2. The molecule has 192 valence electrons. The van der Waals surface area contributed by atoms with Gasteiger partial charge in [0.2, 0.25) is 5.75 Å². The van der Waals surface area contributed by atoms with Gasteiger partial charge in [-0.3, -0.25) is 4.79 Å². The van der Waals surface area contributed by atoms with Gasteiger partial charge in [0.25, 0.3) is 5.91 Å². The third kappa shape index (κ3) is 4.65. The highest BCUT2D eigenvalue weighted by atomic mass is 19.4. The molecule has 2 heterocycles. The van der Waals surface area contributed by atoms with Crippen molar-refractivity contribution in [2.45, 2.75) is 38.5 Å². The molecule has 0 bridgehead atoms. The van der Waals surface area contributed by atoms with E-state index in [1.54, 1.807) is 24.3 Å². The molecule has 0 aliphatic carbocycles. The lowest BCUT2D eigenvalue weighted by molar-refractivity contribution is -0.173. The lowest BCUT2D eigenvalue weighted by Crippen LogP contribution is -2.36. The number of carbonyl (C=O) groups is 1. The van der Waals surface area contributed by atoms with Gasteiger partial charge in [-0.1, -0.05) is 6.07 Å². The first kappa shape index (κ1) is 25.2. The molecule has 0 unspecified atom stereocenters. The summed E-state index contributed by atoms with van der Waals surface area (Å²) in [5.41, 5.74) is 3.04. The van der Waals surface area contributed by atoms with Crippen molar-refractivity contribution in [3.63, 3.8) is 0 Å². The maximum atomic E-state index is 14.1. The maximum Gasteiger partial charge on any atom is 0.410 e. The third-order valence-corrected chi connectivity index (χ3v) is 6.34. The number of fused-ring (bicyclic) bond motifs is 1. The van der Waals surface area contributed by atoms with E-state index >= 15 is 0 Å². The molecule has 2 atom stereocenters. The third-order valence-electron chi connectivity index (χ3n) is 6.34. The number of aromatic nitrogens is 2.